The fourth-order valence-corrected chi connectivity index (χ4v) is 2.97. The van der Waals surface area contributed by atoms with Gasteiger partial charge in [0, 0.05) is 37.1 Å². The average molecular weight is 320 g/mol. The van der Waals surface area contributed by atoms with Crippen LogP contribution in [-0.4, -0.2) is 54.0 Å². The highest BCUT2D eigenvalue weighted by atomic mass is 32.1. The van der Waals surface area contributed by atoms with Gasteiger partial charge in [-0.15, -0.1) is 11.3 Å². The highest BCUT2D eigenvalue weighted by Crippen LogP contribution is 2.25. The van der Waals surface area contributed by atoms with E-state index in [9.17, 15) is 9.18 Å². The van der Waals surface area contributed by atoms with Crippen molar-refractivity contribution < 1.29 is 9.18 Å². The maximum absolute atomic E-state index is 12.9. The molecule has 7 heteroatoms. The van der Waals surface area contributed by atoms with Crippen LogP contribution in [-0.2, 0) is 0 Å². The van der Waals surface area contributed by atoms with Gasteiger partial charge < -0.3 is 9.80 Å². The molecule has 0 bridgehead atoms. The summed E-state index contributed by atoms with van der Waals surface area (Å²) >= 11 is 1.37. The Bertz CT molecular complexity index is 650. The molecule has 0 spiro atoms. The molecular weight excluding hydrogens is 303 g/mol. The molecule has 1 aromatic heterocycles. The quantitative estimate of drug-likeness (QED) is 0.925. The second kappa shape index (κ2) is 6.41. The number of carbonyl (C=O) groups excluding carboxylic acids is 1. The van der Waals surface area contributed by atoms with Gasteiger partial charge in [-0.3, -0.25) is 5.32 Å². The number of nitrogens with one attached hydrogen (secondary N) is 1. The van der Waals surface area contributed by atoms with Crippen molar-refractivity contribution in [3.05, 3.63) is 35.5 Å². The molecule has 1 aliphatic heterocycles. The van der Waals surface area contributed by atoms with Crippen molar-refractivity contribution in [3.63, 3.8) is 0 Å². The Labute approximate surface area is 132 Å². The van der Waals surface area contributed by atoms with Crippen molar-refractivity contribution in [2.75, 3.05) is 38.5 Å². The van der Waals surface area contributed by atoms with Crippen LogP contribution < -0.4 is 5.32 Å². The highest BCUT2D eigenvalue weighted by Gasteiger charge is 2.19. The smallest absolute Gasteiger partial charge is 0.322 e. The third-order valence-corrected chi connectivity index (χ3v) is 4.41. The molecule has 2 aromatic rings. The second-order valence-corrected chi connectivity index (χ2v) is 6.12. The molecular formula is C15H17FN4OS. The number of thiazole rings is 1. The third kappa shape index (κ3) is 3.42. The van der Waals surface area contributed by atoms with Crippen LogP contribution in [0.4, 0.5) is 14.3 Å². The Balaban J connectivity index is 1.64. The summed E-state index contributed by atoms with van der Waals surface area (Å²) in [7, 11) is 2.05. The Kier molecular flexibility index (Phi) is 4.35. The van der Waals surface area contributed by atoms with Crippen LogP contribution in [0.15, 0.2) is 29.6 Å². The number of halogens is 1. The van der Waals surface area contributed by atoms with Gasteiger partial charge in [0.15, 0.2) is 5.13 Å². The van der Waals surface area contributed by atoms with E-state index in [1.54, 1.807) is 17.0 Å². The zero-order valence-electron chi connectivity index (χ0n) is 12.3. The van der Waals surface area contributed by atoms with Gasteiger partial charge in [0.1, 0.15) is 5.82 Å². The number of hydrogen-bond donors (Lipinski definition) is 1. The van der Waals surface area contributed by atoms with Crippen LogP contribution in [0.2, 0.25) is 0 Å². The van der Waals surface area contributed by atoms with E-state index in [0.29, 0.717) is 5.13 Å². The third-order valence-electron chi connectivity index (χ3n) is 3.65. The SMILES string of the molecule is CN1CCN(C(=O)Nc2nc(-c3ccc(F)cc3)cs2)CC1. The minimum absolute atomic E-state index is 0.117. The largest absolute Gasteiger partial charge is 0.323 e. The monoisotopic (exact) mass is 320 g/mol. The molecule has 0 unspecified atom stereocenters. The number of aromatic nitrogens is 1. The van der Waals surface area contributed by atoms with Crippen molar-refractivity contribution in [3.8, 4) is 11.3 Å². The Morgan fingerprint density at radius 1 is 1.23 bits per heavy atom. The zero-order chi connectivity index (χ0) is 15.5. The topological polar surface area (TPSA) is 48.5 Å². The summed E-state index contributed by atoms with van der Waals surface area (Å²) in [5.74, 6) is -0.275. The number of hydrogen-bond acceptors (Lipinski definition) is 4. The predicted octanol–water partition coefficient (Wildman–Crippen LogP) is 2.73. The molecule has 1 aromatic carbocycles. The lowest BCUT2D eigenvalue weighted by atomic mass is 10.2. The normalized spacial score (nSPS) is 15.8. The Hall–Kier alpha value is -1.99. The van der Waals surface area contributed by atoms with E-state index in [0.717, 1.165) is 37.4 Å². The minimum Gasteiger partial charge on any atom is -0.322 e. The van der Waals surface area contributed by atoms with Gasteiger partial charge in [0.2, 0.25) is 0 Å². The first-order valence-electron chi connectivity index (χ1n) is 7.08. The summed E-state index contributed by atoms with van der Waals surface area (Å²) < 4.78 is 12.9. The summed E-state index contributed by atoms with van der Waals surface area (Å²) in [6, 6.07) is 6.04. The Morgan fingerprint density at radius 3 is 2.59 bits per heavy atom. The van der Waals surface area contributed by atoms with Crippen molar-refractivity contribution in [2.24, 2.45) is 0 Å². The van der Waals surface area contributed by atoms with Gasteiger partial charge in [0.05, 0.1) is 5.69 Å². The van der Waals surface area contributed by atoms with Crippen LogP contribution in [0, 0.1) is 5.82 Å². The first-order valence-corrected chi connectivity index (χ1v) is 7.96. The Morgan fingerprint density at radius 2 is 1.91 bits per heavy atom. The number of carbonyl (C=O) groups is 1. The molecule has 116 valence electrons. The van der Waals surface area contributed by atoms with E-state index in [4.69, 9.17) is 0 Å². The average Bonchev–Trinajstić information content (AvgIpc) is 2.97. The summed E-state index contributed by atoms with van der Waals surface area (Å²) in [5, 5.41) is 5.24. The summed E-state index contributed by atoms with van der Waals surface area (Å²) in [6.07, 6.45) is 0. The lowest BCUT2D eigenvalue weighted by Crippen LogP contribution is -2.48. The first kappa shape index (κ1) is 14.9. The van der Waals surface area contributed by atoms with Crippen LogP contribution in [0.5, 0.6) is 0 Å². The number of likely N-dealkylation sites (N-methyl/N-ethyl adjacent to an activating group) is 1. The van der Waals surface area contributed by atoms with Gasteiger partial charge in [-0.25, -0.2) is 14.2 Å². The van der Waals surface area contributed by atoms with E-state index in [1.807, 2.05) is 12.4 Å². The van der Waals surface area contributed by atoms with E-state index < -0.39 is 0 Å². The first-order chi connectivity index (χ1) is 10.6. The molecule has 3 rings (SSSR count). The van der Waals surface area contributed by atoms with Crippen molar-refractivity contribution in [1.82, 2.24) is 14.8 Å². The number of rotatable bonds is 2. The minimum atomic E-state index is -0.275. The van der Waals surface area contributed by atoms with Gasteiger partial charge in [0.25, 0.3) is 0 Å². The molecule has 0 aliphatic carbocycles. The number of benzene rings is 1. The summed E-state index contributed by atoms with van der Waals surface area (Å²) in [6.45, 7) is 3.20. The van der Waals surface area contributed by atoms with Crippen LogP contribution >= 0.6 is 11.3 Å². The van der Waals surface area contributed by atoms with E-state index in [-0.39, 0.29) is 11.8 Å². The van der Waals surface area contributed by atoms with E-state index >= 15 is 0 Å². The van der Waals surface area contributed by atoms with Crippen LogP contribution in [0.25, 0.3) is 11.3 Å². The predicted molar refractivity (Wildman–Crippen MR) is 85.6 cm³/mol. The molecule has 0 saturated carbocycles. The molecule has 1 fully saturated rings. The van der Waals surface area contributed by atoms with Gasteiger partial charge >= 0.3 is 6.03 Å². The maximum atomic E-state index is 12.9. The lowest BCUT2D eigenvalue weighted by Gasteiger charge is -2.32. The van der Waals surface area contributed by atoms with E-state index in [1.165, 1.54) is 23.5 Å². The molecule has 5 nitrogen and oxygen atoms in total. The number of piperazine rings is 1. The second-order valence-electron chi connectivity index (χ2n) is 5.27. The van der Waals surface area contributed by atoms with Gasteiger partial charge in [-0.1, -0.05) is 0 Å². The molecule has 0 atom stereocenters. The summed E-state index contributed by atoms with van der Waals surface area (Å²) in [4.78, 5) is 20.5. The number of nitrogens with zero attached hydrogens (tertiary/aromatic N) is 3. The maximum Gasteiger partial charge on any atom is 0.323 e. The molecule has 2 amide bonds. The molecule has 2 heterocycles. The molecule has 1 saturated heterocycles. The van der Waals surface area contributed by atoms with Crippen LogP contribution in [0.3, 0.4) is 0 Å². The van der Waals surface area contributed by atoms with Crippen molar-refractivity contribution in [1.29, 1.82) is 0 Å². The van der Waals surface area contributed by atoms with Gasteiger partial charge in [-0.2, -0.15) is 0 Å². The molecule has 1 N–H and O–H groups in total. The molecule has 0 radical (unpaired) electrons. The van der Waals surface area contributed by atoms with Crippen LogP contribution in [0.1, 0.15) is 0 Å². The fourth-order valence-electron chi connectivity index (χ4n) is 2.26. The zero-order valence-corrected chi connectivity index (χ0v) is 13.1. The number of urea groups is 1. The number of anilines is 1. The lowest BCUT2D eigenvalue weighted by molar-refractivity contribution is 0.164. The molecule has 1 aliphatic rings. The van der Waals surface area contributed by atoms with Crippen molar-refractivity contribution >= 4 is 22.5 Å². The fraction of sp³-hybridized carbons (Fsp3) is 0.333. The van der Waals surface area contributed by atoms with Crippen molar-refractivity contribution in [2.45, 2.75) is 0 Å². The highest BCUT2D eigenvalue weighted by molar-refractivity contribution is 7.14. The van der Waals surface area contributed by atoms with Gasteiger partial charge in [-0.05, 0) is 31.3 Å². The standard InChI is InChI=1S/C15H17FN4OS/c1-19-6-8-20(9-7-19)15(21)18-14-17-13(10-22-14)11-2-4-12(16)5-3-11/h2-5,10H,6-9H2,1H3,(H,17,18,21). The summed E-state index contributed by atoms with van der Waals surface area (Å²) in [5.41, 5.74) is 1.57. The van der Waals surface area contributed by atoms with E-state index in [2.05, 4.69) is 15.2 Å². The molecule has 22 heavy (non-hydrogen) atoms. The number of amides is 2.